The highest BCUT2D eigenvalue weighted by Gasteiger charge is 2.28. The topological polar surface area (TPSA) is 76.6 Å². The Morgan fingerprint density at radius 2 is 2.20 bits per heavy atom. The number of methoxy groups -OCH3 is 1. The van der Waals surface area contributed by atoms with Gasteiger partial charge in [-0.1, -0.05) is 12.1 Å². The van der Waals surface area contributed by atoms with Gasteiger partial charge in [0.25, 0.3) is 0 Å². The predicted molar refractivity (Wildman–Crippen MR) is 87.5 cm³/mol. The summed E-state index contributed by atoms with van der Waals surface area (Å²) in [5, 5.41) is 2.81. The fourth-order valence-electron chi connectivity index (χ4n) is 2.64. The van der Waals surface area contributed by atoms with E-state index in [4.69, 9.17) is 9.47 Å². The molecule has 0 bridgehead atoms. The number of benzene rings is 1. The number of ether oxygens (including phenoxy) is 2. The van der Waals surface area contributed by atoms with Crippen LogP contribution in [0.5, 0.6) is 5.88 Å². The number of nitrogens with one attached hydrogen (secondary N) is 1. The van der Waals surface area contributed by atoms with Gasteiger partial charge in [0.1, 0.15) is 5.82 Å². The van der Waals surface area contributed by atoms with Gasteiger partial charge < -0.3 is 19.7 Å². The first-order chi connectivity index (χ1) is 12.2. The van der Waals surface area contributed by atoms with E-state index < -0.39 is 0 Å². The number of carbonyl (C=O) groups excluding carboxylic acids is 1. The standard InChI is InChI=1S/C17H19FN4O3/c1-24-16-6-7-19-15(21-16)10-20-17(23)22-8-9-25-11-14(22)12-2-4-13(18)5-3-12/h2-7,14H,8-11H2,1H3,(H,20,23)/t14-/m1/s1. The molecule has 1 aromatic heterocycles. The van der Waals surface area contributed by atoms with Crippen molar-refractivity contribution in [1.82, 2.24) is 20.2 Å². The van der Waals surface area contributed by atoms with E-state index in [1.807, 2.05) is 0 Å². The van der Waals surface area contributed by atoms with E-state index >= 15 is 0 Å². The van der Waals surface area contributed by atoms with Crippen molar-refractivity contribution >= 4 is 6.03 Å². The quantitative estimate of drug-likeness (QED) is 0.915. The Kier molecular flexibility index (Phi) is 5.39. The van der Waals surface area contributed by atoms with Crippen LogP contribution in [0.2, 0.25) is 0 Å². The second-order valence-electron chi connectivity index (χ2n) is 5.51. The fraction of sp³-hybridized carbons (Fsp3) is 0.353. The summed E-state index contributed by atoms with van der Waals surface area (Å²) in [6.07, 6.45) is 1.57. The molecule has 1 fully saturated rings. The number of hydrogen-bond acceptors (Lipinski definition) is 5. The van der Waals surface area contributed by atoms with Crippen LogP contribution in [0.3, 0.4) is 0 Å². The van der Waals surface area contributed by atoms with Crippen molar-refractivity contribution in [2.45, 2.75) is 12.6 Å². The maximum atomic E-state index is 13.1. The molecule has 1 aliphatic heterocycles. The Morgan fingerprint density at radius 1 is 1.40 bits per heavy atom. The Labute approximate surface area is 144 Å². The molecule has 2 aromatic rings. The van der Waals surface area contributed by atoms with E-state index in [9.17, 15) is 9.18 Å². The molecule has 132 valence electrons. The van der Waals surface area contributed by atoms with Gasteiger partial charge in [-0.25, -0.2) is 14.2 Å². The van der Waals surface area contributed by atoms with Crippen LogP contribution < -0.4 is 10.1 Å². The van der Waals surface area contributed by atoms with Crippen molar-refractivity contribution in [1.29, 1.82) is 0 Å². The van der Waals surface area contributed by atoms with Crippen LogP contribution >= 0.6 is 0 Å². The van der Waals surface area contributed by atoms with Crippen molar-refractivity contribution in [3.63, 3.8) is 0 Å². The first-order valence-electron chi connectivity index (χ1n) is 7.91. The number of nitrogens with zero attached hydrogens (tertiary/aromatic N) is 3. The fourth-order valence-corrected chi connectivity index (χ4v) is 2.64. The van der Waals surface area contributed by atoms with Gasteiger partial charge in [-0.05, 0) is 17.7 Å². The molecule has 3 rings (SSSR count). The van der Waals surface area contributed by atoms with Crippen molar-refractivity contribution in [3.05, 3.63) is 53.7 Å². The summed E-state index contributed by atoms with van der Waals surface area (Å²) in [4.78, 5) is 22.5. The zero-order valence-corrected chi connectivity index (χ0v) is 13.8. The molecule has 1 aromatic carbocycles. The summed E-state index contributed by atoms with van der Waals surface area (Å²) in [6.45, 7) is 1.46. The zero-order valence-electron chi connectivity index (χ0n) is 13.8. The second kappa shape index (κ2) is 7.89. The zero-order chi connectivity index (χ0) is 17.6. The average Bonchev–Trinajstić information content (AvgIpc) is 2.67. The summed E-state index contributed by atoms with van der Waals surface area (Å²) < 4.78 is 23.7. The molecular formula is C17H19FN4O3. The molecule has 1 saturated heterocycles. The van der Waals surface area contributed by atoms with Gasteiger partial charge in [0.05, 0.1) is 32.9 Å². The SMILES string of the molecule is COc1ccnc(CNC(=O)N2CCOC[C@@H]2c2ccc(F)cc2)n1. The van der Waals surface area contributed by atoms with Gasteiger partial charge in [0.15, 0.2) is 5.82 Å². The molecule has 1 N–H and O–H groups in total. The molecule has 1 aliphatic rings. The number of halogens is 1. The molecule has 0 unspecified atom stereocenters. The third-order valence-corrected chi connectivity index (χ3v) is 3.93. The molecule has 2 heterocycles. The molecule has 8 heteroatoms. The maximum absolute atomic E-state index is 13.1. The van der Waals surface area contributed by atoms with E-state index in [2.05, 4.69) is 15.3 Å². The maximum Gasteiger partial charge on any atom is 0.318 e. The number of hydrogen-bond donors (Lipinski definition) is 1. The normalized spacial score (nSPS) is 17.2. The molecule has 0 aliphatic carbocycles. The van der Waals surface area contributed by atoms with Crippen molar-refractivity contribution in [3.8, 4) is 5.88 Å². The number of amides is 2. The van der Waals surface area contributed by atoms with E-state index in [0.29, 0.717) is 31.5 Å². The Morgan fingerprint density at radius 3 is 2.96 bits per heavy atom. The number of carbonyl (C=O) groups is 1. The van der Waals surface area contributed by atoms with Gasteiger partial charge in [0.2, 0.25) is 5.88 Å². The second-order valence-corrected chi connectivity index (χ2v) is 5.51. The van der Waals surface area contributed by atoms with Crippen LogP contribution in [0.1, 0.15) is 17.4 Å². The minimum absolute atomic E-state index is 0.184. The Balaban J connectivity index is 1.67. The van der Waals surface area contributed by atoms with Gasteiger partial charge in [0, 0.05) is 18.8 Å². The van der Waals surface area contributed by atoms with Crippen LogP contribution in [-0.2, 0) is 11.3 Å². The summed E-state index contributed by atoms with van der Waals surface area (Å²) >= 11 is 0. The average molecular weight is 346 g/mol. The van der Waals surface area contributed by atoms with Crippen LogP contribution in [0.25, 0.3) is 0 Å². The van der Waals surface area contributed by atoms with Crippen molar-refractivity contribution in [2.24, 2.45) is 0 Å². The lowest BCUT2D eigenvalue weighted by Crippen LogP contribution is -2.48. The molecule has 0 spiro atoms. The molecule has 25 heavy (non-hydrogen) atoms. The van der Waals surface area contributed by atoms with Crippen LogP contribution in [0.15, 0.2) is 36.5 Å². The van der Waals surface area contributed by atoms with Crippen molar-refractivity contribution in [2.75, 3.05) is 26.9 Å². The summed E-state index contributed by atoms with van der Waals surface area (Å²) in [7, 11) is 1.52. The molecule has 2 amide bonds. The lowest BCUT2D eigenvalue weighted by atomic mass is 10.1. The third kappa shape index (κ3) is 4.21. The highest BCUT2D eigenvalue weighted by atomic mass is 19.1. The lowest BCUT2D eigenvalue weighted by molar-refractivity contribution is 0.0115. The smallest absolute Gasteiger partial charge is 0.318 e. The minimum Gasteiger partial charge on any atom is -0.481 e. The molecule has 1 atom stereocenters. The number of morpholine rings is 1. The number of urea groups is 1. The van der Waals surface area contributed by atoms with E-state index in [1.54, 1.807) is 29.3 Å². The summed E-state index contributed by atoms with van der Waals surface area (Å²) in [5.74, 6) is 0.584. The van der Waals surface area contributed by atoms with E-state index in [-0.39, 0.29) is 24.4 Å². The van der Waals surface area contributed by atoms with E-state index in [1.165, 1.54) is 19.2 Å². The highest BCUT2D eigenvalue weighted by molar-refractivity contribution is 5.74. The molecule has 0 saturated carbocycles. The van der Waals surface area contributed by atoms with Crippen LogP contribution in [-0.4, -0.2) is 47.8 Å². The van der Waals surface area contributed by atoms with Gasteiger partial charge >= 0.3 is 6.03 Å². The summed E-state index contributed by atoms with van der Waals surface area (Å²) in [6, 6.07) is 7.22. The highest BCUT2D eigenvalue weighted by Crippen LogP contribution is 2.24. The predicted octanol–water partition coefficient (Wildman–Crippen LogP) is 1.91. The largest absolute Gasteiger partial charge is 0.481 e. The van der Waals surface area contributed by atoms with Crippen LogP contribution in [0, 0.1) is 5.82 Å². The Bertz CT molecular complexity index is 726. The summed E-state index contributed by atoms with van der Waals surface area (Å²) in [5.41, 5.74) is 0.828. The Hall–Kier alpha value is -2.74. The lowest BCUT2D eigenvalue weighted by Gasteiger charge is -2.35. The molecule has 7 nitrogen and oxygen atoms in total. The first-order valence-corrected chi connectivity index (χ1v) is 7.91. The van der Waals surface area contributed by atoms with Gasteiger partial charge in [-0.3, -0.25) is 0 Å². The third-order valence-electron chi connectivity index (χ3n) is 3.93. The number of rotatable bonds is 4. The van der Waals surface area contributed by atoms with Gasteiger partial charge in [-0.15, -0.1) is 0 Å². The monoisotopic (exact) mass is 346 g/mol. The minimum atomic E-state index is -0.313. The van der Waals surface area contributed by atoms with Crippen molar-refractivity contribution < 1.29 is 18.7 Å². The van der Waals surface area contributed by atoms with Crippen LogP contribution in [0.4, 0.5) is 9.18 Å². The molecular weight excluding hydrogens is 327 g/mol. The molecule has 0 radical (unpaired) electrons. The number of aromatic nitrogens is 2. The van der Waals surface area contributed by atoms with Gasteiger partial charge in [-0.2, -0.15) is 4.98 Å². The van der Waals surface area contributed by atoms with E-state index in [0.717, 1.165) is 5.56 Å². The first kappa shape index (κ1) is 17.1.